The Balaban J connectivity index is 4.23. The third kappa shape index (κ3) is 47.7. The number of unbranched alkanes of at least 4 members (excludes halogenated alkanes) is 36. The lowest BCUT2D eigenvalue weighted by Crippen LogP contribution is -2.30. The topological polar surface area (TPSA) is 78.9 Å². The molecule has 362 valence electrons. The van der Waals surface area contributed by atoms with E-state index in [1.165, 1.54) is 205 Å². The molecule has 0 rings (SSSR count). The maximum atomic E-state index is 12.8. The van der Waals surface area contributed by atoms with Crippen molar-refractivity contribution in [3.05, 3.63) is 0 Å². The number of carbonyl (C=O) groups excluding carboxylic acids is 3. The Labute approximate surface area is 380 Å². The molecule has 0 aromatic carbocycles. The van der Waals surface area contributed by atoms with Crippen molar-refractivity contribution in [1.29, 1.82) is 0 Å². The molecular weight excluding hydrogens is 757 g/mol. The van der Waals surface area contributed by atoms with Crippen LogP contribution in [0.15, 0.2) is 0 Å². The van der Waals surface area contributed by atoms with Crippen LogP contribution in [0, 0.1) is 5.92 Å². The molecule has 0 saturated carbocycles. The summed E-state index contributed by atoms with van der Waals surface area (Å²) < 4.78 is 16.8. The van der Waals surface area contributed by atoms with Crippen molar-refractivity contribution in [3.63, 3.8) is 0 Å². The molecule has 0 aliphatic rings. The van der Waals surface area contributed by atoms with Gasteiger partial charge in [0, 0.05) is 19.3 Å². The second-order valence-electron chi connectivity index (χ2n) is 19.1. The number of hydrogen-bond acceptors (Lipinski definition) is 6. The predicted molar refractivity (Wildman–Crippen MR) is 261 cm³/mol. The van der Waals surface area contributed by atoms with Crippen LogP contribution in [0.2, 0.25) is 0 Å². The van der Waals surface area contributed by atoms with Crippen molar-refractivity contribution in [2.75, 3.05) is 13.2 Å². The van der Waals surface area contributed by atoms with E-state index in [-0.39, 0.29) is 31.1 Å². The van der Waals surface area contributed by atoms with Gasteiger partial charge in [0.25, 0.3) is 0 Å². The molecule has 0 heterocycles. The quantitative estimate of drug-likeness (QED) is 0.0344. The van der Waals surface area contributed by atoms with Crippen LogP contribution in [0.25, 0.3) is 0 Å². The fourth-order valence-corrected chi connectivity index (χ4v) is 8.36. The van der Waals surface area contributed by atoms with Crippen LogP contribution in [-0.4, -0.2) is 37.2 Å². The van der Waals surface area contributed by atoms with Crippen LogP contribution >= 0.6 is 0 Å². The molecule has 2 atom stereocenters. The minimum Gasteiger partial charge on any atom is -0.462 e. The highest BCUT2D eigenvalue weighted by Crippen LogP contribution is 2.18. The first-order valence-electron chi connectivity index (χ1n) is 27.4. The molecule has 0 aliphatic heterocycles. The minimum absolute atomic E-state index is 0.0624. The molecule has 0 N–H and O–H groups in total. The third-order valence-electron chi connectivity index (χ3n) is 12.9. The molecule has 0 bridgehead atoms. The van der Waals surface area contributed by atoms with Gasteiger partial charge in [-0.1, -0.05) is 272 Å². The van der Waals surface area contributed by atoms with E-state index in [1.54, 1.807) is 0 Å². The fourth-order valence-electron chi connectivity index (χ4n) is 8.36. The highest BCUT2D eigenvalue weighted by atomic mass is 16.6. The van der Waals surface area contributed by atoms with Crippen LogP contribution in [-0.2, 0) is 28.6 Å². The van der Waals surface area contributed by atoms with Crippen molar-refractivity contribution in [2.45, 2.75) is 316 Å². The van der Waals surface area contributed by atoms with Gasteiger partial charge in [-0.3, -0.25) is 14.4 Å². The van der Waals surface area contributed by atoms with E-state index in [4.69, 9.17) is 14.2 Å². The van der Waals surface area contributed by atoms with Crippen molar-refractivity contribution in [2.24, 2.45) is 5.92 Å². The Morgan fingerprint density at radius 3 is 0.852 bits per heavy atom. The normalized spacial score (nSPS) is 12.4. The maximum Gasteiger partial charge on any atom is 0.306 e. The second kappa shape index (κ2) is 49.4. The molecule has 6 heteroatoms. The summed E-state index contributed by atoms with van der Waals surface area (Å²) in [5.41, 5.74) is 0. The molecule has 0 aliphatic carbocycles. The number of ether oxygens (including phenoxy) is 3. The van der Waals surface area contributed by atoms with E-state index in [1.807, 2.05) is 0 Å². The summed E-state index contributed by atoms with van der Waals surface area (Å²) in [5, 5.41) is 0. The predicted octanol–water partition coefficient (Wildman–Crippen LogP) is 17.8. The van der Waals surface area contributed by atoms with Gasteiger partial charge in [-0.25, -0.2) is 0 Å². The number of carbonyl (C=O) groups is 3. The summed E-state index contributed by atoms with van der Waals surface area (Å²) in [4.78, 5) is 38.0. The second-order valence-corrected chi connectivity index (χ2v) is 19.1. The van der Waals surface area contributed by atoms with E-state index in [0.29, 0.717) is 19.3 Å². The van der Waals surface area contributed by atoms with Gasteiger partial charge >= 0.3 is 17.9 Å². The Bertz CT molecular complexity index is 920. The molecule has 61 heavy (non-hydrogen) atoms. The Kier molecular flexibility index (Phi) is 48.1. The highest BCUT2D eigenvalue weighted by molar-refractivity contribution is 5.71. The van der Waals surface area contributed by atoms with Crippen molar-refractivity contribution >= 4 is 17.9 Å². The summed E-state index contributed by atoms with van der Waals surface area (Å²) in [6, 6.07) is 0. The lowest BCUT2D eigenvalue weighted by Gasteiger charge is -2.18. The van der Waals surface area contributed by atoms with Gasteiger partial charge in [0.2, 0.25) is 0 Å². The summed E-state index contributed by atoms with van der Waals surface area (Å²) in [6.07, 6.45) is 52.2. The average Bonchev–Trinajstić information content (AvgIpc) is 3.26. The van der Waals surface area contributed by atoms with E-state index in [0.717, 1.165) is 63.7 Å². The molecule has 0 fully saturated rings. The van der Waals surface area contributed by atoms with Gasteiger partial charge in [0.1, 0.15) is 13.2 Å². The largest absolute Gasteiger partial charge is 0.462 e. The van der Waals surface area contributed by atoms with Gasteiger partial charge in [0.05, 0.1) is 0 Å². The monoisotopic (exact) mass is 863 g/mol. The first-order valence-corrected chi connectivity index (χ1v) is 27.4. The smallest absolute Gasteiger partial charge is 0.306 e. The van der Waals surface area contributed by atoms with E-state index >= 15 is 0 Å². The maximum absolute atomic E-state index is 12.8. The van der Waals surface area contributed by atoms with Gasteiger partial charge < -0.3 is 14.2 Å². The Morgan fingerprint density at radius 2 is 0.574 bits per heavy atom. The number of esters is 3. The van der Waals surface area contributed by atoms with Gasteiger partial charge in [-0.2, -0.15) is 0 Å². The van der Waals surface area contributed by atoms with Crippen LogP contribution in [0.4, 0.5) is 0 Å². The molecule has 0 radical (unpaired) electrons. The van der Waals surface area contributed by atoms with Gasteiger partial charge in [-0.05, 0) is 25.2 Å². The summed E-state index contributed by atoms with van der Waals surface area (Å²) >= 11 is 0. The molecule has 6 nitrogen and oxygen atoms in total. The van der Waals surface area contributed by atoms with Crippen molar-refractivity contribution < 1.29 is 28.6 Å². The van der Waals surface area contributed by atoms with Crippen molar-refractivity contribution in [1.82, 2.24) is 0 Å². The van der Waals surface area contributed by atoms with Crippen molar-refractivity contribution in [3.8, 4) is 0 Å². The zero-order valence-electron chi connectivity index (χ0n) is 41.6. The molecule has 1 unspecified atom stereocenters. The number of rotatable bonds is 50. The zero-order valence-corrected chi connectivity index (χ0v) is 41.6. The van der Waals surface area contributed by atoms with Crippen LogP contribution in [0.1, 0.15) is 310 Å². The van der Waals surface area contributed by atoms with E-state index in [9.17, 15) is 14.4 Å². The SMILES string of the molecule is CCCCCCCCCCCCCCCCCC(=O)OC[C@@H](COC(=O)CCCCCCCCCCCCCCCCC(C)CC)OC(=O)CCCCCCCCCCCC. The zero-order chi connectivity index (χ0) is 44.5. The molecule has 0 aromatic rings. The Morgan fingerprint density at radius 1 is 0.328 bits per heavy atom. The molecule has 0 saturated heterocycles. The summed E-state index contributed by atoms with van der Waals surface area (Å²) in [6.45, 7) is 9.07. The standard InChI is InChI=1S/C55H106O6/c1-5-8-10-12-14-16-18-19-20-24-27-31-34-38-42-46-53(56)59-49-52(61-55(58)48-44-40-36-30-17-15-13-11-9-6-2)50-60-54(57)47-43-39-35-32-28-25-22-21-23-26-29-33-37-41-45-51(4)7-3/h51-52H,5-50H2,1-4H3/t51?,52-/m0/s1. The highest BCUT2D eigenvalue weighted by Gasteiger charge is 2.19. The number of hydrogen-bond donors (Lipinski definition) is 0. The minimum atomic E-state index is -0.760. The van der Waals surface area contributed by atoms with Crippen LogP contribution in [0.5, 0.6) is 0 Å². The first-order chi connectivity index (χ1) is 29.9. The van der Waals surface area contributed by atoms with Gasteiger partial charge in [-0.15, -0.1) is 0 Å². The lowest BCUT2D eigenvalue weighted by molar-refractivity contribution is -0.167. The molecule has 0 aromatic heterocycles. The molecule has 0 spiro atoms. The Hall–Kier alpha value is -1.59. The average molecular weight is 863 g/mol. The summed E-state index contributed by atoms with van der Waals surface area (Å²) in [5.74, 6) is 0.0545. The van der Waals surface area contributed by atoms with Crippen LogP contribution in [0.3, 0.4) is 0 Å². The lowest BCUT2D eigenvalue weighted by atomic mass is 9.99. The van der Waals surface area contributed by atoms with E-state index in [2.05, 4.69) is 27.7 Å². The third-order valence-corrected chi connectivity index (χ3v) is 12.9. The molecule has 0 amide bonds. The van der Waals surface area contributed by atoms with Gasteiger partial charge in [0.15, 0.2) is 6.10 Å². The first kappa shape index (κ1) is 59.4. The molecular formula is C55H106O6. The van der Waals surface area contributed by atoms with E-state index < -0.39 is 6.10 Å². The fraction of sp³-hybridized carbons (Fsp3) is 0.945. The summed E-state index contributed by atoms with van der Waals surface area (Å²) in [7, 11) is 0. The van der Waals surface area contributed by atoms with Crippen LogP contribution < -0.4 is 0 Å².